The molecule has 0 aliphatic heterocycles. The summed E-state index contributed by atoms with van der Waals surface area (Å²) in [7, 11) is -9.91. The quantitative estimate of drug-likeness (QED) is 0.0222. The first kappa shape index (κ1) is 92.1. The molecular weight excluding hydrogens is 1230 g/mol. The number of hydrogen-bond acceptors (Lipinski definition) is 15. The standard InChI is InChI=1S/C75H146O17P2/c1-9-68(8)54-46-38-30-24-25-33-42-50-58-75(80)92-70(61-85-72(77)55-47-39-31-22-18-13-11-10-12-16-20-27-35-43-51-65(2)3)63-89-93(81,82)87-59-69(76)60-88-94(83,84)90-64-71(62-86-73(78)56-48-40-34-26-29-37-45-53-67(6)7)91-74(79)57-49-41-32-23-19-15-14-17-21-28-36-44-52-66(4)5/h65-71,76H,9-64H2,1-8H3,(H,81,82)(H,83,84)/t68?,69?,70-,71-/m1/s1. The van der Waals surface area contributed by atoms with Gasteiger partial charge in [-0.2, -0.15) is 0 Å². The number of hydrogen-bond donors (Lipinski definition) is 3. The third-order valence-electron chi connectivity index (χ3n) is 17.7. The van der Waals surface area contributed by atoms with E-state index in [0.717, 1.165) is 114 Å². The number of carbonyl (C=O) groups excluding carboxylic acids is 4. The first-order valence-corrected chi connectivity index (χ1v) is 41.7. The number of phosphoric ester groups is 2. The van der Waals surface area contributed by atoms with Crippen molar-refractivity contribution in [2.24, 2.45) is 23.7 Å². The maximum absolute atomic E-state index is 13.1. The average Bonchev–Trinajstić information content (AvgIpc) is 1.27. The molecule has 0 heterocycles. The fourth-order valence-corrected chi connectivity index (χ4v) is 12.9. The van der Waals surface area contributed by atoms with Crippen molar-refractivity contribution in [2.45, 2.75) is 395 Å². The molecule has 0 spiro atoms. The van der Waals surface area contributed by atoms with E-state index in [2.05, 4.69) is 55.4 Å². The summed E-state index contributed by atoms with van der Waals surface area (Å²) in [5.74, 6) is 0.927. The van der Waals surface area contributed by atoms with E-state index in [1.807, 2.05) is 0 Å². The number of carbonyl (C=O) groups is 4. The van der Waals surface area contributed by atoms with Gasteiger partial charge in [0.25, 0.3) is 0 Å². The minimum absolute atomic E-state index is 0.105. The largest absolute Gasteiger partial charge is 0.472 e. The van der Waals surface area contributed by atoms with Gasteiger partial charge >= 0.3 is 39.5 Å². The fraction of sp³-hybridized carbons (Fsp3) is 0.947. The molecule has 558 valence electrons. The van der Waals surface area contributed by atoms with Crippen LogP contribution in [-0.2, 0) is 65.4 Å². The van der Waals surface area contributed by atoms with Gasteiger partial charge in [-0.15, -0.1) is 0 Å². The lowest BCUT2D eigenvalue weighted by atomic mass is 9.99. The minimum Gasteiger partial charge on any atom is -0.462 e. The molecule has 17 nitrogen and oxygen atoms in total. The topological polar surface area (TPSA) is 237 Å². The van der Waals surface area contributed by atoms with Gasteiger partial charge in [0.15, 0.2) is 12.2 Å². The van der Waals surface area contributed by atoms with Gasteiger partial charge in [0.05, 0.1) is 26.4 Å². The van der Waals surface area contributed by atoms with Crippen LogP contribution in [0.4, 0.5) is 0 Å². The summed E-state index contributed by atoms with van der Waals surface area (Å²) in [6, 6.07) is 0. The predicted molar refractivity (Wildman–Crippen MR) is 381 cm³/mol. The highest BCUT2D eigenvalue weighted by atomic mass is 31.2. The Labute approximate surface area is 575 Å². The third-order valence-corrected chi connectivity index (χ3v) is 19.6. The van der Waals surface area contributed by atoms with Crippen LogP contribution in [0.25, 0.3) is 0 Å². The molecule has 94 heavy (non-hydrogen) atoms. The summed E-state index contributed by atoms with van der Waals surface area (Å²) in [6.07, 6.45) is 48.6. The zero-order chi connectivity index (χ0) is 69.6. The van der Waals surface area contributed by atoms with Gasteiger partial charge in [-0.1, -0.05) is 325 Å². The Balaban J connectivity index is 5.23. The summed E-state index contributed by atoms with van der Waals surface area (Å²) in [5.41, 5.74) is 0. The van der Waals surface area contributed by atoms with E-state index < -0.39 is 97.5 Å². The van der Waals surface area contributed by atoms with Crippen molar-refractivity contribution < 1.29 is 80.2 Å². The second kappa shape index (κ2) is 64.4. The minimum atomic E-state index is -4.96. The number of aliphatic hydroxyl groups is 1. The highest BCUT2D eigenvalue weighted by Gasteiger charge is 2.30. The summed E-state index contributed by atoms with van der Waals surface area (Å²) in [6.45, 7) is 14.2. The second-order valence-corrected chi connectivity index (χ2v) is 31.6. The number of aliphatic hydroxyl groups excluding tert-OH is 1. The van der Waals surface area contributed by atoms with Crippen LogP contribution in [0.5, 0.6) is 0 Å². The molecule has 0 amide bonds. The van der Waals surface area contributed by atoms with E-state index in [1.165, 1.54) is 173 Å². The van der Waals surface area contributed by atoms with Crippen molar-refractivity contribution in [1.82, 2.24) is 0 Å². The normalized spacial score (nSPS) is 14.4. The molecule has 0 aromatic heterocycles. The first-order chi connectivity index (χ1) is 45.1. The van der Waals surface area contributed by atoms with Gasteiger partial charge in [0, 0.05) is 25.7 Å². The van der Waals surface area contributed by atoms with Crippen LogP contribution in [0, 0.1) is 23.7 Å². The van der Waals surface area contributed by atoms with Crippen molar-refractivity contribution >= 4 is 39.5 Å². The summed E-state index contributed by atoms with van der Waals surface area (Å²) in [4.78, 5) is 72.8. The maximum Gasteiger partial charge on any atom is 0.472 e. The molecule has 0 aliphatic rings. The lowest BCUT2D eigenvalue weighted by Crippen LogP contribution is -2.30. The molecule has 0 aromatic rings. The molecule has 0 bridgehead atoms. The Morgan fingerprint density at radius 1 is 0.298 bits per heavy atom. The Kier molecular flexibility index (Phi) is 63.1. The van der Waals surface area contributed by atoms with Crippen LogP contribution in [0.3, 0.4) is 0 Å². The van der Waals surface area contributed by atoms with Gasteiger partial charge in [-0.25, -0.2) is 9.13 Å². The molecule has 0 aromatic carbocycles. The fourth-order valence-electron chi connectivity index (χ4n) is 11.3. The highest BCUT2D eigenvalue weighted by molar-refractivity contribution is 7.47. The smallest absolute Gasteiger partial charge is 0.462 e. The molecule has 19 heteroatoms. The zero-order valence-corrected chi connectivity index (χ0v) is 63.4. The van der Waals surface area contributed by atoms with Crippen molar-refractivity contribution in [3.8, 4) is 0 Å². The Morgan fingerprint density at radius 3 is 0.755 bits per heavy atom. The van der Waals surface area contributed by atoms with Crippen molar-refractivity contribution in [3.63, 3.8) is 0 Å². The zero-order valence-electron chi connectivity index (χ0n) is 61.6. The Bertz CT molecular complexity index is 1850. The van der Waals surface area contributed by atoms with Crippen LogP contribution < -0.4 is 0 Å². The van der Waals surface area contributed by atoms with Crippen LogP contribution in [-0.4, -0.2) is 96.7 Å². The Morgan fingerprint density at radius 2 is 0.511 bits per heavy atom. The van der Waals surface area contributed by atoms with E-state index in [1.54, 1.807) is 0 Å². The molecule has 0 rings (SSSR count). The molecular formula is C75H146O17P2. The SMILES string of the molecule is CCC(C)CCCCCCCCCCC(=O)O[C@H](COC(=O)CCCCCCCCCCCCCCCCC(C)C)COP(=O)(O)OCC(O)COP(=O)(O)OC[C@@H](COC(=O)CCCCCCCCCC(C)C)OC(=O)CCCCCCCCCCCCCCC(C)C. The second-order valence-electron chi connectivity index (χ2n) is 28.7. The summed E-state index contributed by atoms with van der Waals surface area (Å²) in [5, 5.41) is 10.6. The van der Waals surface area contributed by atoms with Gasteiger partial charge < -0.3 is 33.8 Å². The van der Waals surface area contributed by atoms with E-state index in [-0.39, 0.29) is 25.7 Å². The van der Waals surface area contributed by atoms with E-state index in [0.29, 0.717) is 31.6 Å². The number of rotatable bonds is 72. The predicted octanol–water partition coefficient (Wildman–Crippen LogP) is 21.7. The van der Waals surface area contributed by atoms with Gasteiger partial charge in [0.2, 0.25) is 0 Å². The monoisotopic (exact) mass is 1380 g/mol. The molecule has 0 saturated carbocycles. The average molecular weight is 1380 g/mol. The summed E-state index contributed by atoms with van der Waals surface area (Å²) >= 11 is 0. The lowest BCUT2D eigenvalue weighted by molar-refractivity contribution is -0.161. The van der Waals surface area contributed by atoms with Crippen LogP contribution >= 0.6 is 15.6 Å². The number of ether oxygens (including phenoxy) is 4. The molecule has 0 radical (unpaired) electrons. The molecule has 6 atom stereocenters. The van der Waals surface area contributed by atoms with Crippen LogP contribution in [0.2, 0.25) is 0 Å². The van der Waals surface area contributed by atoms with Gasteiger partial charge in [-0.05, 0) is 49.4 Å². The van der Waals surface area contributed by atoms with E-state index >= 15 is 0 Å². The third kappa shape index (κ3) is 67.3. The highest BCUT2D eigenvalue weighted by Crippen LogP contribution is 2.45. The summed E-state index contributed by atoms with van der Waals surface area (Å²) < 4.78 is 68.5. The van der Waals surface area contributed by atoms with Gasteiger partial charge in [0.1, 0.15) is 19.3 Å². The first-order valence-electron chi connectivity index (χ1n) is 38.7. The van der Waals surface area contributed by atoms with Crippen molar-refractivity contribution in [1.29, 1.82) is 0 Å². The van der Waals surface area contributed by atoms with Gasteiger partial charge in [-0.3, -0.25) is 37.3 Å². The molecule has 0 aliphatic carbocycles. The molecule has 3 N–H and O–H groups in total. The van der Waals surface area contributed by atoms with Crippen LogP contribution in [0.1, 0.15) is 376 Å². The number of unbranched alkanes of at least 4 members (excludes halogenated alkanes) is 37. The Hall–Kier alpha value is -1.94. The number of phosphoric acid groups is 2. The van der Waals surface area contributed by atoms with Crippen LogP contribution in [0.15, 0.2) is 0 Å². The van der Waals surface area contributed by atoms with Crippen molar-refractivity contribution in [3.05, 3.63) is 0 Å². The van der Waals surface area contributed by atoms with Crippen molar-refractivity contribution in [2.75, 3.05) is 39.6 Å². The molecule has 0 saturated heterocycles. The van der Waals surface area contributed by atoms with E-state index in [9.17, 15) is 43.2 Å². The number of esters is 4. The lowest BCUT2D eigenvalue weighted by Gasteiger charge is -2.21. The molecule has 0 fully saturated rings. The molecule has 4 unspecified atom stereocenters. The maximum atomic E-state index is 13.1. The van der Waals surface area contributed by atoms with E-state index in [4.69, 9.17) is 37.0 Å².